The summed E-state index contributed by atoms with van der Waals surface area (Å²) in [6, 6.07) is 0. The van der Waals surface area contributed by atoms with Gasteiger partial charge in [0.15, 0.2) is 0 Å². The summed E-state index contributed by atoms with van der Waals surface area (Å²) in [5, 5.41) is 1.40. The maximum atomic E-state index is 5.39. The molecule has 2 heteroatoms. The van der Waals surface area contributed by atoms with E-state index in [-0.39, 0.29) is 0 Å². The van der Waals surface area contributed by atoms with Crippen LogP contribution < -0.4 is 0 Å². The molecule has 0 fully saturated rings. The summed E-state index contributed by atoms with van der Waals surface area (Å²) in [4.78, 5) is 0. The summed E-state index contributed by atoms with van der Waals surface area (Å²) in [7, 11) is 0. The average molecular weight is 157 g/mol. The van der Waals surface area contributed by atoms with E-state index < -0.39 is 0 Å². The van der Waals surface area contributed by atoms with E-state index in [1.54, 1.807) is 0 Å². The molecule has 0 aromatic rings. The fraction of sp³-hybridized carbons (Fsp3) is 1.00. The van der Waals surface area contributed by atoms with Crippen molar-refractivity contribution in [2.24, 2.45) is 0 Å². The molecule has 33 valence electrons. The second kappa shape index (κ2) is 5.91. The van der Waals surface area contributed by atoms with Crippen LogP contribution in [0.4, 0.5) is 0 Å². The van der Waals surface area contributed by atoms with Crippen molar-refractivity contribution in [3.8, 4) is 0 Å². The van der Waals surface area contributed by atoms with Gasteiger partial charge in [-0.3, -0.25) is 0 Å². The van der Waals surface area contributed by atoms with Gasteiger partial charge in [-0.2, -0.15) is 0 Å². The fourth-order valence-corrected chi connectivity index (χ4v) is 1.20. The van der Waals surface area contributed by atoms with E-state index in [2.05, 4.69) is 0 Å². The maximum absolute atomic E-state index is 5.39. The fourth-order valence-electron chi connectivity index (χ4n) is 0.271. The van der Waals surface area contributed by atoms with Crippen molar-refractivity contribution in [2.75, 3.05) is 5.88 Å². The minimum absolute atomic E-state index is 0.847. The molecule has 0 aliphatic rings. The molecule has 0 N–H and O–H groups in total. The SMILES string of the molecule is ClCCC[CH2][Zn]. The van der Waals surface area contributed by atoms with Gasteiger partial charge < -0.3 is 0 Å². The van der Waals surface area contributed by atoms with E-state index in [4.69, 9.17) is 11.6 Å². The summed E-state index contributed by atoms with van der Waals surface area (Å²) in [5.41, 5.74) is 0. The van der Waals surface area contributed by atoms with Gasteiger partial charge in [-0.1, -0.05) is 0 Å². The number of hydrogen-bond donors (Lipinski definition) is 0. The molecule has 0 radical (unpaired) electrons. The van der Waals surface area contributed by atoms with E-state index in [0.717, 1.165) is 5.88 Å². The first-order valence-electron chi connectivity index (χ1n) is 2.27. The first-order chi connectivity index (χ1) is 2.91. The molecule has 6 heavy (non-hydrogen) atoms. The second-order valence-electron chi connectivity index (χ2n) is 1.25. The van der Waals surface area contributed by atoms with E-state index in [1.165, 1.54) is 36.2 Å². The van der Waals surface area contributed by atoms with Crippen LogP contribution in [-0.4, -0.2) is 5.88 Å². The van der Waals surface area contributed by atoms with Crippen molar-refractivity contribution >= 4 is 11.6 Å². The van der Waals surface area contributed by atoms with Crippen LogP contribution in [0.2, 0.25) is 5.02 Å². The number of hydrogen-bond acceptors (Lipinski definition) is 0. The Morgan fingerprint density at radius 1 is 1.33 bits per heavy atom. The van der Waals surface area contributed by atoms with Gasteiger partial charge >= 0.3 is 53.6 Å². The molecule has 0 atom stereocenters. The van der Waals surface area contributed by atoms with E-state index in [0.29, 0.717) is 0 Å². The van der Waals surface area contributed by atoms with Crippen LogP contribution in [0, 0.1) is 0 Å². The third-order valence-electron chi connectivity index (χ3n) is 0.634. The first-order valence-corrected chi connectivity index (χ1v) is 4.90. The summed E-state index contributed by atoms with van der Waals surface area (Å²) >= 11 is 6.82. The van der Waals surface area contributed by atoms with Gasteiger partial charge in [0.05, 0.1) is 0 Å². The average Bonchev–Trinajstić information content (AvgIpc) is 1.61. The normalized spacial score (nSPS) is 9.17. The van der Waals surface area contributed by atoms with Crippen LogP contribution in [0.5, 0.6) is 0 Å². The Hall–Kier alpha value is 0.913. The molecule has 0 amide bonds. The van der Waals surface area contributed by atoms with Gasteiger partial charge in [0, 0.05) is 0 Å². The van der Waals surface area contributed by atoms with Gasteiger partial charge in [0.2, 0.25) is 0 Å². The Kier molecular flexibility index (Phi) is 6.81. The summed E-state index contributed by atoms with van der Waals surface area (Å²) in [5.74, 6) is 0.847. The molecule has 0 bridgehead atoms. The topological polar surface area (TPSA) is 0 Å². The van der Waals surface area contributed by atoms with Crippen molar-refractivity contribution in [2.45, 2.75) is 17.9 Å². The Labute approximate surface area is 53.9 Å². The van der Waals surface area contributed by atoms with Gasteiger partial charge in [-0.25, -0.2) is 0 Å². The van der Waals surface area contributed by atoms with E-state index in [9.17, 15) is 0 Å². The van der Waals surface area contributed by atoms with Crippen LogP contribution in [0.1, 0.15) is 12.8 Å². The molecular weight excluding hydrogens is 149 g/mol. The molecule has 0 aromatic heterocycles. The zero-order chi connectivity index (χ0) is 4.83. The van der Waals surface area contributed by atoms with Gasteiger partial charge in [0.25, 0.3) is 0 Å². The van der Waals surface area contributed by atoms with Crippen LogP contribution in [0.3, 0.4) is 0 Å². The molecule has 0 aliphatic heterocycles. The summed E-state index contributed by atoms with van der Waals surface area (Å²) in [6.45, 7) is 0. The molecule has 0 spiro atoms. The molecule has 0 rings (SSSR count). The Balaban J connectivity index is 2.34. The van der Waals surface area contributed by atoms with Crippen LogP contribution in [-0.2, 0) is 18.3 Å². The molecule has 0 saturated heterocycles. The Morgan fingerprint density at radius 2 is 2.00 bits per heavy atom. The standard InChI is InChI=1S/C4H8Cl.Zn/c1-2-3-4-5;/h1-4H2;. The van der Waals surface area contributed by atoms with Gasteiger partial charge in [-0.05, 0) is 0 Å². The van der Waals surface area contributed by atoms with Crippen LogP contribution in [0.15, 0.2) is 0 Å². The summed E-state index contributed by atoms with van der Waals surface area (Å²) < 4.78 is 0. The van der Waals surface area contributed by atoms with Crippen LogP contribution >= 0.6 is 11.6 Å². The van der Waals surface area contributed by atoms with E-state index >= 15 is 0 Å². The number of halogens is 1. The molecule has 0 nitrogen and oxygen atoms in total. The third-order valence-corrected chi connectivity index (χ3v) is 1.95. The van der Waals surface area contributed by atoms with Crippen molar-refractivity contribution in [1.82, 2.24) is 0 Å². The first kappa shape index (κ1) is 6.91. The Bertz CT molecular complexity index is 19.5. The number of unbranched alkanes of at least 4 members (excludes halogenated alkanes) is 1. The second-order valence-corrected chi connectivity index (χ2v) is 3.11. The van der Waals surface area contributed by atoms with Crippen LogP contribution in [0.25, 0.3) is 0 Å². The predicted octanol–water partition coefficient (Wildman–Crippen LogP) is 1.97. The molecule has 0 aromatic carbocycles. The Morgan fingerprint density at radius 3 is 2.17 bits per heavy atom. The predicted molar refractivity (Wildman–Crippen MR) is 24.8 cm³/mol. The van der Waals surface area contributed by atoms with Crippen molar-refractivity contribution in [3.63, 3.8) is 0 Å². The number of rotatable bonds is 3. The van der Waals surface area contributed by atoms with Gasteiger partial charge in [0.1, 0.15) is 0 Å². The molecule has 0 saturated carbocycles. The van der Waals surface area contributed by atoms with Gasteiger partial charge in [-0.15, -0.1) is 0 Å². The minimum atomic E-state index is 0.847. The molecule has 0 aliphatic carbocycles. The molecular formula is C4H8ClZn. The quantitative estimate of drug-likeness (QED) is 0.333. The zero-order valence-corrected chi connectivity index (χ0v) is 7.64. The van der Waals surface area contributed by atoms with E-state index in [1.807, 2.05) is 0 Å². The monoisotopic (exact) mass is 155 g/mol. The number of alkyl halides is 1. The molecule has 0 unspecified atom stereocenters. The zero-order valence-electron chi connectivity index (χ0n) is 3.91. The van der Waals surface area contributed by atoms with Crippen molar-refractivity contribution in [3.05, 3.63) is 0 Å². The van der Waals surface area contributed by atoms with Crippen molar-refractivity contribution < 1.29 is 18.3 Å². The molecule has 0 heterocycles. The van der Waals surface area contributed by atoms with Crippen molar-refractivity contribution in [1.29, 1.82) is 0 Å². The third kappa shape index (κ3) is 4.91. The summed E-state index contributed by atoms with van der Waals surface area (Å²) in [6.07, 6.45) is 2.55.